The predicted molar refractivity (Wildman–Crippen MR) is 232 cm³/mol. The molecule has 0 aliphatic carbocycles. The molecule has 0 saturated carbocycles. The standard InChI is InChI=1S/C49H54FNO14/c1-7-8-25-59-42-26-35(32-9-11-34(12-10-32)45-47(62-30(4)54)48(63-31(5)55)46(61-29(3)53)43(64-45)27-60-28(2)52)15-22-39(42)44-41(24-23-40(56)33-13-16-36(50)17-14-33)65-49(57)51(44)37-18-20-38(58-6)21-19-37/h9-22,26,40-41,43-48,56H,7-8,23-25,27H2,1-6H3/t40-,41+,43+,44+,45?,46+,47-,48-/m0/s1. The van der Waals surface area contributed by atoms with Gasteiger partial charge in [0.05, 0.1) is 19.8 Å². The van der Waals surface area contributed by atoms with Crippen LogP contribution in [0.1, 0.15) is 95.2 Å². The Morgan fingerprint density at radius 3 is 2.02 bits per heavy atom. The van der Waals surface area contributed by atoms with Crippen LogP contribution < -0.4 is 14.4 Å². The van der Waals surface area contributed by atoms with Crippen LogP contribution in [0.2, 0.25) is 0 Å². The van der Waals surface area contributed by atoms with Gasteiger partial charge in [0.15, 0.2) is 18.3 Å². The van der Waals surface area contributed by atoms with Crippen LogP contribution in [0.5, 0.6) is 11.5 Å². The highest BCUT2D eigenvalue weighted by atomic mass is 19.1. The first-order chi connectivity index (χ1) is 31.2. The minimum atomic E-state index is -1.33. The fraction of sp³-hybridized carbons (Fsp3) is 0.408. The van der Waals surface area contributed by atoms with Gasteiger partial charge in [-0.1, -0.05) is 61.9 Å². The lowest BCUT2D eigenvalue weighted by atomic mass is 9.89. The molecule has 15 nitrogen and oxygen atoms in total. The number of esters is 4. The number of unbranched alkanes of at least 4 members (excludes halogenated alkanes) is 1. The molecule has 2 aliphatic heterocycles. The van der Waals surface area contributed by atoms with Crippen molar-refractivity contribution in [1.82, 2.24) is 0 Å². The summed E-state index contributed by atoms with van der Waals surface area (Å²) < 4.78 is 60.0. The number of anilines is 1. The number of hydrogen-bond acceptors (Lipinski definition) is 14. The smallest absolute Gasteiger partial charge is 0.415 e. The highest BCUT2D eigenvalue weighted by Gasteiger charge is 2.52. The zero-order valence-corrected chi connectivity index (χ0v) is 37.1. The Morgan fingerprint density at radius 1 is 0.769 bits per heavy atom. The molecule has 2 saturated heterocycles. The summed E-state index contributed by atoms with van der Waals surface area (Å²) in [6, 6.07) is 24.8. The molecule has 2 fully saturated rings. The summed E-state index contributed by atoms with van der Waals surface area (Å²) in [5.74, 6) is -2.11. The van der Waals surface area contributed by atoms with E-state index in [0.29, 0.717) is 40.5 Å². The average Bonchev–Trinajstić information content (AvgIpc) is 3.61. The Morgan fingerprint density at radius 2 is 1.40 bits per heavy atom. The molecule has 16 heteroatoms. The van der Waals surface area contributed by atoms with E-state index in [1.54, 1.807) is 48.4 Å². The Bertz CT molecular complexity index is 2290. The van der Waals surface area contributed by atoms with E-state index in [-0.39, 0.29) is 19.4 Å². The van der Waals surface area contributed by atoms with Crippen molar-refractivity contribution in [3.8, 4) is 22.6 Å². The zero-order valence-electron chi connectivity index (χ0n) is 37.1. The third-order valence-electron chi connectivity index (χ3n) is 11.1. The second kappa shape index (κ2) is 21.9. The molecule has 6 rings (SSSR count). The summed E-state index contributed by atoms with van der Waals surface area (Å²) in [6.07, 6.45) is -6.22. The van der Waals surface area contributed by atoms with Gasteiger partial charge >= 0.3 is 30.0 Å². The van der Waals surface area contributed by atoms with Crippen molar-refractivity contribution >= 4 is 35.7 Å². The Kier molecular flexibility index (Phi) is 16.2. The summed E-state index contributed by atoms with van der Waals surface area (Å²) >= 11 is 0. The van der Waals surface area contributed by atoms with Crippen molar-refractivity contribution in [2.24, 2.45) is 0 Å². The van der Waals surface area contributed by atoms with Crippen molar-refractivity contribution < 1.29 is 71.4 Å². The molecule has 346 valence electrons. The number of hydrogen-bond donors (Lipinski definition) is 1. The van der Waals surface area contributed by atoms with Crippen molar-refractivity contribution in [3.63, 3.8) is 0 Å². The molecular formula is C49H54FNO14. The fourth-order valence-electron chi connectivity index (χ4n) is 8.04. The lowest BCUT2D eigenvalue weighted by Gasteiger charge is -2.44. The number of ether oxygens (including phenoxy) is 8. The summed E-state index contributed by atoms with van der Waals surface area (Å²) in [7, 11) is 1.55. The van der Waals surface area contributed by atoms with Crippen LogP contribution in [0, 0.1) is 5.82 Å². The van der Waals surface area contributed by atoms with Crippen LogP contribution in [0.3, 0.4) is 0 Å². The van der Waals surface area contributed by atoms with Gasteiger partial charge < -0.3 is 43.0 Å². The molecule has 0 aromatic heterocycles. The molecule has 4 aromatic carbocycles. The maximum atomic E-state index is 13.8. The first-order valence-electron chi connectivity index (χ1n) is 21.4. The maximum Gasteiger partial charge on any atom is 0.415 e. The quantitative estimate of drug-likeness (QED) is 0.0575. The van der Waals surface area contributed by atoms with Gasteiger partial charge in [-0.15, -0.1) is 0 Å². The third-order valence-corrected chi connectivity index (χ3v) is 11.1. The molecule has 1 N–H and O–H groups in total. The van der Waals surface area contributed by atoms with Crippen LogP contribution in [-0.2, 0) is 47.6 Å². The summed E-state index contributed by atoms with van der Waals surface area (Å²) in [5, 5.41) is 11.1. The minimum Gasteiger partial charge on any atom is -0.497 e. The predicted octanol–water partition coefficient (Wildman–Crippen LogP) is 8.06. The zero-order chi connectivity index (χ0) is 46.8. The molecule has 0 bridgehead atoms. The first-order valence-corrected chi connectivity index (χ1v) is 21.4. The van der Waals surface area contributed by atoms with Crippen LogP contribution in [0.4, 0.5) is 14.9 Å². The van der Waals surface area contributed by atoms with Gasteiger partial charge in [0.1, 0.15) is 48.3 Å². The molecule has 65 heavy (non-hydrogen) atoms. The van der Waals surface area contributed by atoms with E-state index >= 15 is 0 Å². The molecule has 0 spiro atoms. The molecule has 2 heterocycles. The Balaban J connectivity index is 1.36. The van der Waals surface area contributed by atoms with E-state index in [2.05, 4.69) is 0 Å². The van der Waals surface area contributed by atoms with E-state index in [4.69, 9.17) is 37.9 Å². The number of aliphatic hydroxyl groups is 1. The molecule has 2 aliphatic rings. The monoisotopic (exact) mass is 899 g/mol. The van der Waals surface area contributed by atoms with Crippen LogP contribution >= 0.6 is 0 Å². The van der Waals surface area contributed by atoms with Gasteiger partial charge in [0.25, 0.3) is 0 Å². The number of rotatable bonds is 18. The molecular weight excluding hydrogens is 846 g/mol. The summed E-state index contributed by atoms with van der Waals surface area (Å²) in [6.45, 7) is 6.78. The SMILES string of the molecule is CCCCOc1cc(-c2ccc(C3O[C@H](COC(C)=O)[C@@H](OC(C)=O)[C@H](OC(C)=O)[C@H]3OC(C)=O)cc2)ccc1[C@@H]1[C@@H](CC[C@H](O)c2ccc(F)cc2)OC(=O)N1c1ccc(OC)cc1. The molecule has 1 unspecified atom stereocenters. The van der Waals surface area contributed by atoms with Crippen LogP contribution in [0.15, 0.2) is 91.0 Å². The van der Waals surface area contributed by atoms with E-state index in [1.165, 1.54) is 38.1 Å². The van der Waals surface area contributed by atoms with Gasteiger partial charge in [0, 0.05) is 38.9 Å². The van der Waals surface area contributed by atoms with E-state index in [0.717, 1.165) is 37.8 Å². The highest BCUT2D eigenvalue weighted by molar-refractivity contribution is 5.91. The van der Waals surface area contributed by atoms with Gasteiger partial charge in [-0.2, -0.15) is 0 Å². The average molecular weight is 900 g/mol. The second-order valence-electron chi connectivity index (χ2n) is 15.8. The number of cyclic esters (lactones) is 1. The number of benzene rings is 4. The molecule has 0 radical (unpaired) electrons. The number of carbonyl (C=O) groups is 5. The molecule has 8 atom stereocenters. The lowest BCUT2D eigenvalue weighted by molar-refractivity contribution is -0.254. The molecule has 4 aromatic rings. The number of nitrogens with zero attached hydrogens (tertiary/aromatic N) is 1. The summed E-state index contributed by atoms with van der Waals surface area (Å²) in [4.78, 5) is 64.3. The van der Waals surface area contributed by atoms with E-state index in [9.17, 15) is 33.5 Å². The normalized spacial score (nSPS) is 22.0. The topological polar surface area (TPSA) is 183 Å². The largest absolute Gasteiger partial charge is 0.497 e. The van der Waals surface area contributed by atoms with Crippen molar-refractivity contribution in [2.45, 2.75) is 109 Å². The molecule has 1 amide bonds. The summed E-state index contributed by atoms with van der Waals surface area (Å²) in [5.41, 5.74) is 3.76. The van der Waals surface area contributed by atoms with Crippen molar-refractivity contribution in [2.75, 3.05) is 25.2 Å². The Hall–Kier alpha value is -6.52. The van der Waals surface area contributed by atoms with Gasteiger partial charge in [-0.25, -0.2) is 9.18 Å². The third kappa shape index (κ3) is 12.0. The van der Waals surface area contributed by atoms with Gasteiger partial charge in [-0.3, -0.25) is 24.1 Å². The van der Waals surface area contributed by atoms with E-state index < -0.39 is 84.6 Å². The van der Waals surface area contributed by atoms with Gasteiger partial charge in [-0.05, 0) is 84.0 Å². The maximum absolute atomic E-state index is 13.8. The number of carbonyl (C=O) groups excluding carboxylic acids is 5. The second-order valence-corrected chi connectivity index (χ2v) is 15.8. The number of methoxy groups -OCH3 is 1. The van der Waals surface area contributed by atoms with Gasteiger partial charge in [0.2, 0.25) is 0 Å². The highest BCUT2D eigenvalue weighted by Crippen LogP contribution is 2.45. The van der Waals surface area contributed by atoms with Crippen LogP contribution in [-0.4, -0.2) is 85.9 Å². The number of amides is 1. The number of aliphatic hydroxyl groups excluding tert-OH is 1. The number of halogens is 1. The lowest BCUT2D eigenvalue weighted by Crippen LogP contribution is -2.59. The van der Waals surface area contributed by atoms with Crippen molar-refractivity contribution in [3.05, 3.63) is 114 Å². The Labute approximate surface area is 376 Å². The minimum absolute atomic E-state index is 0.215. The van der Waals surface area contributed by atoms with E-state index in [1.807, 2.05) is 37.3 Å². The first kappa shape index (κ1) is 47.9. The van der Waals surface area contributed by atoms with Crippen LogP contribution in [0.25, 0.3) is 11.1 Å². The van der Waals surface area contributed by atoms with Crippen molar-refractivity contribution in [1.29, 1.82) is 0 Å². The fourth-order valence-corrected chi connectivity index (χ4v) is 8.04.